The monoisotopic (exact) mass is 420 g/mol. The molecule has 2 heterocycles. The highest BCUT2D eigenvalue weighted by molar-refractivity contribution is 5.91. The lowest BCUT2D eigenvalue weighted by Gasteiger charge is -2.46. The Bertz CT molecular complexity index is 905. The summed E-state index contributed by atoms with van der Waals surface area (Å²) in [7, 11) is 0. The summed E-state index contributed by atoms with van der Waals surface area (Å²) in [6.07, 6.45) is 1.45. The lowest BCUT2D eigenvalue weighted by Crippen LogP contribution is -2.63. The van der Waals surface area contributed by atoms with Gasteiger partial charge in [0, 0.05) is 24.5 Å². The van der Waals surface area contributed by atoms with Crippen molar-refractivity contribution >= 4 is 22.6 Å². The molecule has 1 aromatic carbocycles. The maximum atomic E-state index is 13.0. The molecule has 30 heavy (non-hydrogen) atoms. The minimum Gasteiger partial charge on any atom is -0.360 e. The van der Waals surface area contributed by atoms with Crippen molar-refractivity contribution in [3.8, 4) is 0 Å². The Labute approximate surface area is 173 Å². The van der Waals surface area contributed by atoms with Gasteiger partial charge in [-0.1, -0.05) is 6.92 Å². The first-order valence-electron chi connectivity index (χ1n) is 10.2. The summed E-state index contributed by atoms with van der Waals surface area (Å²) in [4.78, 5) is 22.7. The van der Waals surface area contributed by atoms with Crippen LogP contribution >= 0.6 is 0 Å². The number of benzene rings is 1. The highest BCUT2D eigenvalue weighted by atomic mass is 19.4. The van der Waals surface area contributed by atoms with Crippen LogP contribution in [0.2, 0.25) is 0 Å². The third kappa shape index (κ3) is 4.66. The largest absolute Gasteiger partial charge is 0.416 e. The Hall–Kier alpha value is -2.42. The van der Waals surface area contributed by atoms with E-state index in [4.69, 9.17) is 0 Å². The number of hydrogen-bond acceptors (Lipinski definition) is 5. The SMILES string of the molecule is [CH2]C1CCC(N2CC(NC(=O)CNc3ncnc4ccc(C(F)(F)F)cc34)C2)CC1. The van der Waals surface area contributed by atoms with Crippen LogP contribution in [0.5, 0.6) is 0 Å². The number of hydrogen-bond donors (Lipinski definition) is 2. The molecule has 1 aliphatic carbocycles. The van der Waals surface area contributed by atoms with Gasteiger partial charge in [-0.25, -0.2) is 9.97 Å². The van der Waals surface area contributed by atoms with Crippen LogP contribution < -0.4 is 10.6 Å². The van der Waals surface area contributed by atoms with Gasteiger partial charge in [0.1, 0.15) is 12.1 Å². The van der Waals surface area contributed by atoms with Crippen molar-refractivity contribution in [3.63, 3.8) is 0 Å². The zero-order valence-electron chi connectivity index (χ0n) is 16.6. The molecule has 1 aliphatic heterocycles. The summed E-state index contributed by atoms with van der Waals surface area (Å²) >= 11 is 0. The van der Waals surface area contributed by atoms with Crippen LogP contribution in [0.25, 0.3) is 10.9 Å². The van der Waals surface area contributed by atoms with Crippen molar-refractivity contribution in [2.75, 3.05) is 25.0 Å². The molecule has 2 fully saturated rings. The number of alkyl halides is 3. The van der Waals surface area contributed by atoms with E-state index >= 15 is 0 Å². The Balaban J connectivity index is 1.30. The number of fused-ring (bicyclic) bond motifs is 1. The molecule has 0 bridgehead atoms. The Morgan fingerprint density at radius 1 is 1.17 bits per heavy atom. The summed E-state index contributed by atoms with van der Waals surface area (Å²) < 4.78 is 39.0. The van der Waals surface area contributed by atoms with Crippen LogP contribution in [0.15, 0.2) is 24.5 Å². The van der Waals surface area contributed by atoms with E-state index in [-0.39, 0.29) is 29.7 Å². The number of likely N-dealkylation sites (tertiary alicyclic amines) is 1. The third-order valence-corrected chi connectivity index (χ3v) is 5.99. The molecule has 0 spiro atoms. The molecule has 2 aromatic rings. The highest BCUT2D eigenvalue weighted by Crippen LogP contribution is 2.32. The topological polar surface area (TPSA) is 70.2 Å². The first-order chi connectivity index (χ1) is 14.3. The van der Waals surface area contributed by atoms with E-state index < -0.39 is 11.7 Å². The normalized spacial score (nSPS) is 23.2. The van der Waals surface area contributed by atoms with Gasteiger partial charge in [-0.15, -0.1) is 0 Å². The Kier molecular flexibility index (Phi) is 5.81. The van der Waals surface area contributed by atoms with Gasteiger partial charge in [-0.3, -0.25) is 9.69 Å². The van der Waals surface area contributed by atoms with E-state index in [2.05, 4.69) is 32.4 Å². The molecule has 1 amide bonds. The molecule has 2 aliphatic rings. The minimum absolute atomic E-state index is 0.0640. The van der Waals surface area contributed by atoms with Gasteiger partial charge in [0.2, 0.25) is 5.91 Å². The summed E-state index contributed by atoms with van der Waals surface area (Å²) in [5, 5.41) is 6.05. The third-order valence-electron chi connectivity index (χ3n) is 5.99. The molecule has 1 saturated carbocycles. The first-order valence-corrected chi connectivity index (χ1v) is 10.2. The molecule has 1 saturated heterocycles. The van der Waals surface area contributed by atoms with Crippen LogP contribution in [-0.2, 0) is 11.0 Å². The number of aromatic nitrogens is 2. The molecule has 161 valence electrons. The Morgan fingerprint density at radius 2 is 1.90 bits per heavy atom. The van der Waals surface area contributed by atoms with Crippen molar-refractivity contribution in [2.45, 2.75) is 43.9 Å². The van der Waals surface area contributed by atoms with Crippen LogP contribution in [0.1, 0.15) is 31.2 Å². The van der Waals surface area contributed by atoms with E-state index in [1.54, 1.807) is 0 Å². The number of amides is 1. The lowest BCUT2D eigenvalue weighted by molar-refractivity contribution is -0.137. The van der Waals surface area contributed by atoms with Gasteiger partial charge in [0.25, 0.3) is 0 Å². The van der Waals surface area contributed by atoms with E-state index in [0.29, 0.717) is 17.5 Å². The predicted octanol–water partition coefficient (Wildman–Crippen LogP) is 3.25. The smallest absolute Gasteiger partial charge is 0.360 e. The predicted molar refractivity (Wildman–Crippen MR) is 108 cm³/mol. The number of halogens is 3. The molecule has 0 unspecified atom stereocenters. The number of rotatable bonds is 5. The van der Waals surface area contributed by atoms with Crippen LogP contribution in [0, 0.1) is 12.8 Å². The number of anilines is 1. The van der Waals surface area contributed by atoms with Crippen LogP contribution in [0.4, 0.5) is 19.0 Å². The second-order valence-electron chi connectivity index (χ2n) is 8.20. The van der Waals surface area contributed by atoms with Crippen molar-refractivity contribution in [2.24, 2.45) is 5.92 Å². The standard InChI is InChI=1S/C21H25F3N5O/c1-13-2-5-16(6-3-13)29-10-15(11-29)28-19(30)9-25-20-17-8-14(21(22,23)24)4-7-18(17)26-12-27-20/h4,7-8,12-13,15-16H,1-3,5-6,9-11H2,(H,28,30)(H,25,26,27). The minimum atomic E-state index is -4.46. The van der Waals surface area contributed by atoms with E-state index in [1.165, 1.54) is 12.4 Å². The number of carbonyl (C=O) groups excluding carboxylic acids is 1. The average Bonchev–Trinajstić information content (AvgIpc) is 2.68. The second kappa shape index (κ2) is 8.37. The van der Waals surface area contributed by atoms with Crippen molar-refractivity contribution in [1.29, 1.82) is 0 Å². The highest BCUT2D eigenvalue weighted by Gasteiger charge is 2.34. The summed E-state index contributed by atoms with van der Waals surface area (Å²) in [5.74, 6) is 0.565. The number of nitrogens with zero attached hydrogens (tertiary/aromatic N) is 3. The van der Waals surface area contributed by atoms with Crippen LogP contribution in [0.3, 0.4) is 0 Å². The first kappa shape index (κ1) is 20.8. The lowest BCUT2D eigenvalue weighted by atomic mass is 9.85. The summed E-state index contributed by atoms with van der Waals surface area (Å²) in [6.45, 7) is 5.73. The summed E-state index contributed by atoms with van der Waals surface area (Å²) in [6, 6.07) is 3.98. The fraction of sp³-hybridized carbons (Fsp3) is 0.524. The molecular formula is C21H25F3N5O. The molecule has 2 N–H and O–H groups in total. The van der Waals surface area contributed by atoms with E-state index in [1.807, 2.05) is 0 Å². The van der Waals surface area contributed by atoms with Gasteiger partial charge >= 0.3 is 6.18 Å². The Morgan fingerprint density at radius 3 is 2.60 bits per heavy atom. The number of nitrogens with one attached hydrogen (secondary N) is 2. The van der Waals surface area contributed by atoms with Gasteiger partial charge in [-0.2, -0.15) is 13.2 Å². The van der Waals surface area contributed by atoms with Crippen LogP contribution in [-0.4, -0.2) is 52.5 Å². The van der Waals surface area contributed by atoms with E-state index in [0.717, 1.165) is 50.9 Å². The van der Waals surface area contributed by atoms with Crippen molar-refractivity contribution < 1.29 is 18.0 Å². The molecule has 9 heteroatoms. The maximum absolute atomic E-state index is 13.0. The van der Waals surface area contributed by atoms with Crippen molar-refractivity contribution in [3.05, 3.63) is 37.0 Å². The van der Waals surface area contributed by atoms with Gasteiger partial charge in [0.15, 0.2) is 0 Å². The second-order valence-corrected chi connectivity index (χ2v) is 8.20. The van der Waals surface area contributed by atoms with Gasteiger partial charge in [-0.05, 0) is 49.8 Å². The maximum Gasteiger partial charge on any atom is 0.416 e. The molecule has 1 radical (unpaired) electrons. The quantitative estimate of drug-likeness (QED) is 0.777. The molecule has 1 aromatic heterocycles. The fourth-order valence-corrected chi connectivity index (χ4v) is 4.23. The summed E-state index contributed by atoms with van der Waals surface area (Å²) in [5.41, 5.74) is -0.396. The average molecular weight is 420 g/mol. The molecule has 6 nitrogen and oxygen atoms in total. The zero-order valence-corrected chi connectivity index (χ0v) is 16.6. The molecule has 0 atom stereocenters. The van der Waals surface area contributed by atoms with Gasteiger partial charge in [0.05, 0.1) is 23.7 Å². The fourth-order valence-electron chi connectivity index (χ4n) is 4.23. The van der Waals surface area contributed by atoms with Crippen molar-refractivity contribution in [1.82, 2.24) is 20.2 Å². The van der Waals surface area contributed by atoms with Gasteiger partial charge < -0.3 is 10.6 Å². The molecular weight excluding hydrogens is 395 g/mol. The number of carbonyl (C=O) groups is 1. The molecule has 4 rings (SSSR count). The van der Waals surface area contributed by atoms with E-state index in [9.17, 15) is 18.0 Å². The zero-order chi connectivity index (χ0) is 21.3.